The van der Waals surface area contributed by atoms with Crippen molar-refractivity contribution in [3.8, 4) is 74.1 Å². The zero-order valence-corrected chi connectivity index (χ0v) is 25.6. The molecule has 10 rings (SSSR count). The van der Waals surface area contributed by atoms with Gasteiger partial charge in [0.25, 0.3) is 0 Å². The van der Waals surface area contributed by atoms with Crippen molar-refractivity contribution in [2.24, 2.45) is 34.5 Å². The summed E-state index contributed by atoms with van der Waals surface area (Å²) in [5, 5.41) is 0. The van der Waals surface area contributed by atoms with E-state index >= 15 is 0 Å². The Morgan fingerprint density at radius 1 is 0.432 bits per heavy atom. The third kappa shape index (κ3) is 3.51. The quantitative estimate of drug-likeness (QED) is 0.331. The summed E-state index contributed by atoms with van der Waals surface area (Å²) in [5.74, 6) is 20.1. The number of benzene rings is 2. The molecule has 0 spiro atoms. The van der Waals surface area contributed by atoms with E-state index in [-0.39, 0.29) is 10.8 Å². The summed E-state index contributed by atoms with van der Waals surface area (Å²) >= 11 is 0. The normalized spacial score (nSPS) is 38.5. The summed E-state index contributed by atoms with van der Waals surface area (Å²) in [7, 11) is 0. The standard InChI is InChI=1S/C44H38/c1-7-33-15-37(16-34(8-2)39(33)11-5)41-19-29-13-30(20-41)24-43(23-29,27-41)44-25-31-14-32(26-44)22-42(21-31,28-44)38-17-35(9-3)40(12-6)36(10-4)18-38/h1-6,15-18,29-32H,13-14,19-28H2. The molecule has 8 aliphatic rings. The largest absolute Gasteiger partial charge is 0.115 e. The fraction of sp³-hybridized carbons (Fsp3) is 0.455. The molecule has 0 nitrogen and oxygen atoms in total. The second kappa shape index (κ2) is 9.16. The molecule has 44 heavy (non-hydrogen) atoms. The molecule has 0 aliphatic heterocycles. The van der Waals surface area contributed by atoms with E-state index in [2.05, 4.69) is 59.8 Å². The van der Waals surface area contributed by atoms with Crippen molar-refractivity contribution in [1.29, 1.82) is 0 Å². The summed E-state index contributed by atoms with van der Waals surface area (Å²) in [6, 6.07) is 8.92. The van der Waals surface area contributed by atoms with Gasteiger partial charge in [0, 0.05) is 22.3 Å². The molecule has 0 aromatic heterocycles. The Labute approximate surface area is 264 Å². The Balaban J connectivity index is 1.25. The van der Waals surface area contributed by atoms with Crippen LogP contribution in [0.3, 0.4) is 0 Å². The molecule has 8 saturated carbocycles. The molecule has 214 valence electrons. The van der Waals surface area contributed by atoms with E-state index in [0.717, 1.165) is 45.9 Å². The van der Waals surface area contributed by atoms with Crippen molar-refractivity contribution in [2.45, 2.75) is 87.9 Å². The van der Waals surface area contributed by atoms with Crippen molar-refractivity contribution >= 4 is 0 Å². The summed E-state index contributed by atoms with van der Waals surface area (Å²) in [4.78, 5) is 0. The first-order valence-electron chi connectivity index (χ1n) is 16.4. The second-order valence-corrected chi connectivity index (χ2v) is 15.8. The molecule has 2 aromatic rings. The van der Waals surface area contributed by atoms with Gasteiger partial charge in [-0.05, 0) is 158 Å². The molecular weight excluding hydrogens is 528 g/mol. The van der Waals surface area contributed by atoms with Crippen LogP contribution in [0.1, 0.15) is 122 Å². The van der Waals surface area contributed by atoms with E-state index in [1.807, 2.05) is 0 Å². The highest BCUT2D eigenvalue weighted by molar-refractivity contribution is 5.62. The van der Waals surface area contributed by atoms with Crippen LogP contribution in [-0.4, -0.2) is 0 Å². The molecule has 0 N–H and O–H groups in total. The zero-order chi connectivity index (χ0) is 30.5. The third-order valence-electron chi connectivity index (χ3n) is 13.7. The average Bonchev–Trinajstić information content (AvgIpc) is 3.01. The third-order valence-corrected chi connectivity index (χ3v) is 13.7. The Kier molecular flexibility index (Phi) is 5.69. The molecule has 0 amide bonds. The van der Waals surface area contributed by atoms with Crippen LogP contribution in [0, 0.1) is 109 Å². The highest BCUT2D eigenvalue weighted by Gasteiger charge is 2.70. The molecule has 4 atom stereocenters. The number of rotatable bonds is 3. The maximum absolute atomic E-state index is 6.02. The van der Waals surface area contributed by atoms with Crippen LogP contribution >= 0.6 is 0 Å². The van der Waals surface area contributed by atoms with Crippen molar-refractivity contribution in [1.82, 2.24) is 0 Å². The van der Waals surface area contributed by atoms with E-state index in [0.29, 0.717) is 22.0 Å². The topological polar surface area (TPSA) is 0 Å². The van der Waals surface area contributed by atoms with Gasteiger partial charge >= 0.3 is 0 Å². The lowest BCUT2D eigenvalue weighted by Crippen LogP contribution is -2.66. The predicted octanol–water partition coefficient (Wildman–Crippen LogP) is 7.95. The van der Waals surface area contributed by atoms with Gasteiger partial charge in [-0.25, -0.2) is 0 Å². The molecule has 0 heteroatoms. The second-order valence-electron chi connectivity index (χ2n) is 15.8. The maximum atomic E-state index is 6.02. The van der Waals surface area contributed by atoms with Crippen LogP contribution in [0.15, 0.2) is 24.3 Å². The SMILES string of the molecule is C#Cc1cc(C23CC4CC(C2)CC(C25CC6CC(CC(c7cc(C#C)c(C#C)c(C#C)c7)(C6)C2)C5)(C4)C3)cc(C#C)c1C#C. The summed E-state index contributed by atoms with van der Waals surface area (Å²) in [5.41, 5.74) is 8.08. The van der Waals surface area contributed by atoms with Crippen LogP contribution in [-0.2, 0) is 10.8 Å². The van der Waals surface area contributed by atoms with Gasteiger partial charge in [-0.1, -0.05) is 35.5 Å². The van der Waals surface area contributed by atoms with Crippen LogP contribution in [0.2, 0.25) is 0 Å². The van der Waals surface area contributed by atoms with E-state index in [4.69, 9.17) is 38.5 Å². The first-order chi connectivity index (χ1) is 21.3. The van der Waals surface area contributed by atoms with Gasteiger partial charge in [-0.2, -0.15) is 0 Å². The lowest BCUT2D eigenvalue weighted by Gasteiger charge is -2.74. The molecule has 0 radical (unpaired) electrons. The molecule has 8 bridgehead atoms. The number of hydrogen-bond donors (Lipinski definition) is 0. The molecular formula is C44H38. The Hall–Kier alpha value is -4.20. The minimum absolute atomic E-state index is 0.118. The molecule has 2 aromatic carbocycles. The van der Waals surface area contributed by atoms with Gasteiger partial charge in [0.2, 0.25) is 0 Å². The van der Waals surface area contributed by atoms with Crippen molar-refractivity contribution in [3.05, 3.63) is 68.8 Å². The van der Waals surface area contributed by atoms with Gasteiger partial charge in [0.05, 0.1) is 11.1 Å². The Morgan fingerprint density at radius 3 is 0.977 bits per heavy atom. The van der Waals surface area contributed by atoms with Gasteiger partial charge in [0.1, 0.15) is 0 Å². The van der Waals surface area contributed by atoms with Crippen LogP contribution in [0.5, 0.6) is 0 Å². The van der Waals surface area contributed by atoms with Crippen molar-refractivity contribution in [3.63, 3.8) is 0 Å². The summed E-state index contributed by atoms with van der Waals surface area (Å²) in [6.07, 6.45) is 51.5. The van der Waals surface area contributed by atoms with Gasteiger partial charge in [-0.15, -0.1) is 38.5 Å². The summed E-state index contributed by atoms with van der Waals surface area (Å²) < 4.78 is 0. The fourth-order valence-corrected chi connectivity index (χ4v) is 13.1. The molecule has 8 aliphatic carbocycles. The first kappa shape index (κ1) is 27.4. The number of hydrogen-bond acceptors (Lipinski definition) is 0. The predicted molar refractivity (Wildman–Crippen MR) is 178 cm³/mol. The van der Waals surface area contributed by atoms with E-state index < -0.39 is 0 Å². The smallest absolute Gasteiger partial charge is 0.0555 e. The molecule has 0 saturated heterocycles. The van der Waals surface area contributed by atoms with E-state index in [1.54, 1.807) is 0 Å². The summed E-state index contributed by atoms with van der Waals surface area (Å²) in [6.45, 7) is 0. The van der Waals surface area contributed by atoms with Crippen LogP contribution in [0.4, 0.5) is 0 Å². The lowest BCUT2D eigenvalue weighted by atomic mass is 9.30. The fourth-order valence-electron chi connectivity index (χ4n) is 13.1. The zero-order valence-electron chi connectivity index (χ0n) is 25.6. The average molecular weight is 567 g/mol. The van der Waals surface area contributed by atoms with Crippen molar-refractivity contribution in [2.75, 3.05) is 0 Å². The van der Waals surface area contributed by atoms with E-state index in [1.165, 1.54) is 88.2 Å². The van der Waals surface area contributed by atoms with E-state index in [9.17, 15) is 0 Å². The van der Waals surface area contributed by atoms with Crippen LogP contribution in [0.25, 0.3) is 0 Å². The molecule has 4 unspecified atom stereocenters. The minimum Gasteiger partial charge on any atom is -0.115 e. The lowest BCUT2D eigenvalue weighted by molar-refractivity contribution is -0.212. The maximum Gasteiger partial charge on any atom is 0.0555 e. The molecule has 0 heterocycles. The van der Waals surface area contributed by atoms with Crippen molar-refractivity contribution < 1.29 is 0 Å². The monoisotopic (exact) mass is 566 g/mol. The van der Waals surface area contributed by atoms with Crippen LogP contribution < -0.4 is 0 Å². The number of terminal acetylenes is 6. The Morgan fingerprint density at radius 2 is 0.727 bits per heavy atom. The first-order valence-corrected chi connectivity index (χ1v) is 16.4. The Bertz CT molecular complexity index is 1650. The molecule has 8 fully saturated rings. The highest BCUT2D eigenvalue weighted by atomic mass is 14.7. The highest BCUT2D eigenvalue weighted by Crippen LogP contribution is 2.78. The minimum atomic E-state index is 0.118. The van der Waals surface area contributed by atoms with Gasteiger partial charge in [0.15, 0.2) is 0 Å². The van der Waals surface area contributed by atoms with Gasteiger partial charge < -0.3 is 0 Å². The van der Waals surface area contributed by atoms with Gasteiger partial charge in [-0.3, -0.25) is 0 Å².